The van der Waals surface area contributed by atoms with Crippen LogP contribution in [0.4, 0.5) is 5.69 Å². The Morgan fingerprint density at radius 3 is 2.83 bits per heavy atom. The standard InChI is InChI=1S/C15H20N2O/c1-11-6-7-12-4-2-3-5-13(12)17(11)14(18)15(10-16)8-9-15/h2-5,11H,6-10,16H2,1H3. The molecule has 0 bridgehead atoms. The normalized spacial score (nSPS) is 24.6. The van der Waals surface area contributed by atoms with Crippen molar-refractivity contribution in [2.45, 2.75) is 38.6 Å². The van der Waals surface area contributed by atoms with Crippen LogP contribution in [-0.2, 0) is 11.2 Å². The second-order valence-electron chi connectivity index (χ2n) is 5.68. The van der Waals surface area contributed by atoms with Crippen molar-refractivity contribution in [1.82, 2.24) is 0 Å². The Morgan fingerprint density at radius 2 is 2.17 bits per heavy atom. The third kappa shape index (κ3) is 1.65. The van der Waals surface area contributed by atoms with Gasteiger partial charge < -0.3 is 10.6 Å². The Kier molecular flexibility index (Phi) is 2.67. The van der Waals surface area contributed by atoms with Crippen LogP contribution in [0, 0.1) is 5.41 Å². The van der Waals surface area contributed by atoms with Crippen LogP contribution in [0.3, 0.4) is 0 Å². The molecule has 1 fully saturated rings. The van der Waals surface area contributed by atoms with E-state index in [1.54, 1.807) is 0 Å². The number of rotatable bonds is 2. The fourth-order valence-electron chi connectivity index (χ4n) is 2.91. The highest BCUT2D eigenvalue weighted by Crippen LogP contribution is 2.48. The molecular weight excluding hydrogens is 224 g/mol. The van der Waals surface area contributed by atoms with Crippen LogP contribution >= 0.6 is 0 Å². The van der Waals surface area contributed by atoms with E-state index in [-0.39, 0.29) is 17.4 Å². The number of nitrogens with two attached hydrogens (primary N) is 1. The lowest BCUT2D eigenvalue weighted by Gasteiger charge is -2.37. The Hall–Kier alpha value is -1.35. The summed E-state index contributed by atoms with van der Waals surface area (Å²) < 4.78 is 0. The third-order valence-corrected chi connectivity index (χ3v) is 4.44. The van der Waals surface area contributed by atoms with Crippen molar-refractivity contribution in [2.24, 2.45) is 11.1 Å². The van der Waals surface area contributed by atoms with Gasteiger partial charge in [0, 0.05) is 18.3 Å². The van der Waals surface area contributed by atoms with Crippen LogP contribution < -0.4 is 10.6 Å². The molecule has 1 saturated carbocycles. The van der Waals surface area contributed by atoms with Gasteiger partial charge >= 0.3 is 0 Å². The van der Waals surface area contributed by atoms with Crippen LogP contribution in [-0.4, -0.2) is 18.5 Å². The molecule has 3 rings (SSSR count). The molecule has 1 unspecified atom stereocenters. The van der Waals surface area contributed by atoms with Gasteiger partial charge in [0.05, 0.1) is 5.41 Å². The summed E-state index contributed by atoms with van der Waals surface area (Å²) in [6.45, 7) is 2.62. The number of carbonyl (C=O) groups is 1. The fourth-order valence-corrected chi connectivity index (χ4v) is 2.91. The lowest BCUT2D eigenvalue weighted by molar-refractivity contribution is -0.123. The summed E-state index contributed by atoms with van der Waals surface area (Å²) in [5.74, 6) is 0.240. The van der Waals surface area contributed by atoms with E-state index in [0.717, 1.165) is 31.4 Å². The summed E-state index contributed by atoms with van der Waals surface area (Å²) in [4.78, 5) is 14.7. The van der Waals surface area contributed by atoms with Crippen LogP contribution in [0.5, 0.6) is 0 Å². The van der Waals surface area contributed by atoms with Crippen LogP contribution in [0.25, 0.3) is 0 Å². The van der Waals surface area contributed by atoms with E-state index in [1.807, 2.05) is 17.0 Å². The molecule has 2 aliphatic rings. The summed E-state index contributed by atoms with van der Waals surface area (Å²) in [7, 11) is 0. The molecular formula is C15H20N2O. The number of benzene rings is 1. The molecule has 3 heteroatoms. The van der Waals surface area contributed by atoms with E-state index in [1.165, 1.54) is 5.56 Å². The zero-order valence-electron chi connectivity index (χ0n) is 10.9. The van der Waals surface area contributed by atoms with Crippen LogP contribution in [0.2, 0.25) is 0 Å². The Morgan fingerprint density at radius 1 is 1.44 bits per heavy atom. The van der Waals surface area contributed by atoms with Gasteiger partial charge in [0.2, 0.25) is 5.91 Å². The summed E-state index contributed by atoms with van der Waals surface area (Å²) >= 11 is 0. The van der Waals surface area contributed by atoms with E-state index in [4.69, 9.17) is 5.73 Å². The first kappa shape index (κ1) is 11.7. The van der Waals surface area contributed by atoms with E-state index < -0.39 is 0 Å². The van der Waals surface area contributed by atoms with Gasteiger partial charge in [0.1, 0.15) is 0 Å². The number of aryl methyl sites for hydroxylation is 1. The monoisotopic (exact) mass is 244 g/mol. The van der Waals surface area contributed by atoms with Gasteiger partial charge in [-0.1, -0.05) is 18.2 Å². The molecule has 1 heterocycles. The molecule has 2 N–H and O–H groups in total. The maximum Gasteiger partial charge on any atom is 0.234 e. The lowest BCUT2D eigenvalue weighted by Crippen LogP contribution is -2.47. The second-order valence-corrected chi connectivity index (χ2v) is 5.68. The molecule has 1 aliphatic carbocycles. The SMILES string of the molecule is CC1CCc2ccccc2N1C(=O)C1(CN)CC1. The molecule has 1 aromatic rings. The first-order valence-electron chi connectivity index (χ1n) is 6.79. The van der Waals surface area contributed by atoms with Crippen molar-refractivity contribution in [3.8, 4) is 0 Å². The van der Waals surface area contributed by atoms with Crippen LogP contribution in [0.1, 0.15) is 31.7 Å². The Bertz CT molecular complexity index is 479. The van der Waals surface area contributed by atoms with Crippen molar-refractivity contribution in [2.75, 3.05) is 11.4 Å². The molecule has 96 valence electrons. The van der Waals surface area contributed by atoms with Gasteiger partial charge in [0.25, 0.3) is 0 Å². The van der Waals surface area contributed by atoms with Gasteiger partial charge in [-0.25, -0.2) is 0 Å². The molecule has 1 aliphatic heterocycles. The van der Waals surface area contributed by atoms with Gasteiger partial charge in [-0.2, -0.15) is 0 Å². The quantitative estimate of drug-likeness (QED) is 0.866. The number of anilines is 1. The van der Waals surface area contributed by atoms with E-state index >= 15 is 0 Å². The maximum atomic E-state index is 12.7. The van der Waals surface area contributed by atoms with Crippen molar-refractivity contribution in [1.29, 1.82) is 0 Å². The molecule has 1 atom stereocenters. The van der Waals surface area contributed by atoms with Gasteiger partial charge in [-0.05, 0) is 44.2 Å². The summed E-state index contributed by atoms with van der Waals surface area (Å²) in [5.41, 5.74) is 7.93. The van der Waals surface area contributed by atoms with Gasteiger partial charge in [-0.15, -0.1) is 0 Å². The lowest BCUT2D eigenvalue weighted by atomic mass is 9.94. The van der Waals surface area contributed by atoms with Crippen molar-refractivity contribution < 1.29 is 4.79 Å². The van der Waals surface area contributed by atoms with E-state index in [0.29, 0.717) is 6.54 Å². The molecule has 0 radical (unpaired) electrons. The predicted octanol–water partition coefficient (Wildman–Crippen LogP) is 2.09. The van der Waals surface area contributed by atoms with Gasteiger partial charge in [0.15, 0.2) is 0 Å². The summed E-state index contributed by atoms with van der Waals surface area (Å²) in [5, 5.41) is 0. The molecule has 18 heavy (non-hydrogen) atoms. The third-order valence-electron chi connectivity index (χ3n) is 4.44. The predicted molar refractivity (Wildman–Crippen MR) is 72.4 cm³/mol. The minimum Gasteiger partial charge on any atom is -0.329 e. The van der Waals surface area contributed by atoms with Crippen molar-refractivity contribution in [3.63, 3.8) is 0 Å². The fraction of sp³-hybridized carbons (Fsp3) is 0.533. The zero-order chi connectivity index (χ0) is 12.8. The molecule has 0 aromatic heterocycles. The molecule has 1 amide bonds. The highest BCUT2D eigenvalue weighted by Gasteiger charge is 2.52. The summed E-state index contributed by atoms with van der Waals surface area (Å²) in [6, 6.07) is 8.54. The second kappa shape index (κ2) is 4.09. The minimum absolute atomic E-state index is 0.240. The van der Waals surface area contributed by atoms with Crippen LogP contribution in [0.15, 0.2) is 24.3 Å². The van der Waals surface area contributed by atoms with Gasteiger partial charge in [-0.3, -0.25) is 4.79 Å². The molecule has 0 spiro atoms. The average Bonchev–Trinajstić information content (AvgIpc) is 3.19. The Labute approximate surface area is 108 Å². The number of nitrogens with zero attached hydrogens (tertiary/aromatic N) is 1. The zero-order valence-corrected chi connectivity index (χ0v) is 10.9. The largest absolute Gasteiger partial charge is 0.329 e. The van der Waals surface area contributed by atoms with E-state index in [2.05, 4.69) is 19.1 Å². The number of para-hydroxylation sites is 1. The summed E-state index contributed by atoms with van der Waals surface area (Å²) in [6.07, 6.45) is 4.02. The average molecular weight is 244 g/mol. The highest BCUT2D eigenvalue weighted by atomic mass is 16.2. The number of hydrogen-bond donors (Lipinski definition) is 1. The number of carbonyl (C=O) groups excluding carboxylic acids is 1. The first-order valence-corrected chi connectivity index (χ1v) is 6.79. The van der Waals surface area contributed by atoms with E-state index in [9.17, 15) is 4.79 Å². The van der Waals surface area contributed by atoms with Crippen molar-refractivity contribution in [3.05, 3.63) is 29.8 Å². The Balaban J connectivity index is 1.98. The number of amides is 1. The van der Waals surface area contributed by atoms with Crippen molar-refractivity contribution >= 4 is 11.6 Å². The molecule has 3 nitrogen and oxygen atoms in total. The first-order chi connectivity index (χ1) is 8.68. The highest BCUT2D eigenvalue weighted by molar-refractivity contribution is 6.00. The number of hydrogen-bond acceptors (Lipinski definition) is 2. The molecule has 1 aromatic carbocycles. The number of fused-ring (bicyclic) bond motifs is 1. The maximum absolute atomic E-state index is 12.7. The molecule has 0 saturated heterocycles. The smallest absolute Gasteiger partial charge is 0.234 e. The minimum atomic E-state index is -0.251. The topological polar surface area (TPSA) is 46.3 Å².